The highest BCUT2D eigenvalue weighted by Crippen LogP contribution is 2.26. The summed E-state index contributed by atoms with van der Waals surface area (Å²) in [5.41, 5.74) is 2.02. The number of aromatic nitrogens is 2. The fourth-order valence-corrected chi connectivity index (χ4v) is 2.20. The Morgan fingerprint density at radius 2 is 1.74 bits per heavy atom. The van der Waals surface area contributed by atoms with Crippen molar-refractivity contribution in [3.8, 4) is 11.3 Å². The molecule has 1 aromatic heterocycles. The van der Waals surface area contributed by atoms with Crippen molar-refractivity contribution in [2.24, 2.45) is 0 Å². The first-order valence-electron chi connectivity index (χ1n) is 6.44. The third-order valence-corrected chi connectivity index (χ3v) is 3.09. The van der Waals surface area contributed by atoms with Gasteiger partial charge in [0.05, 0.1) is 5.69 Å². The van der Waals surface area contributed by atoms with Gasteiger partial charge in [0.25, 0.3) is 0 Å². The molecule has 0 unspecified atom stereocenters. The molecular weight excluding hydrogens is 234 g/mol. The van der Waals surface area contributed by atoms with E-state index in [4.69, 9.17) is 0 Å². The lowest BCUT2D eigenvalue weighted by Gasteiger charge is -2.06. The minimum Gasteiger partial charge on any atom is -0.369 e. The Labute approximate surface area is 112 Å². The van der Waals surface area contributed by atoms with Gasteiger partial charge in [-0.05, 0) is 29.8 Å². The first-order chi connectivity index (χ1) is 9.38. The van der Waals surface area contributed by atoms with Crippen LogP contribution in [0.25, 0.3) is 22.0 Å². The highest BCUT2D eigenvalue weighted by Gasteiger charge is 2.05. The molecule has 19 heavy (non-hydrogen) atoms. The van der Waals surface area contributed by atoms with Crippen molar-refractivity contribution in [2.75, 3.05) is 11.9 Å². The maximum absolute atomic E-state index is 4.31. The maximum Gasteiger partial charge on any atom is 0.148 e. The van der Waals surface area contributed by atoms with Gasteiger partial charge >= 0.3 is 0 Å². The quantitative estimate of drug-likeness (QED) is 0.768. The molecule has 0 fully saturated rings. The van der Waals surface area contributed by atoms with Gasteiger partial charge in [0.15, 0.2) is 0 Å². The lowest BCUT2D eigenvalue weighted by molar-refractivity contribution is 1.02. The third kappa shape index (κ3) is 2.27. The van der Waals surface area contributed by atoms with Crippen LogP contribution in [0, 0.1) is 0 Å². The lowest BCUT2D eigenvalue weighted by Crippen LogP contribution is -2.00. The van der Waals surface area contributed by atoms with Crippen molar-refractivity contribution in [3.05, 3.63) is 54.6 Å². The fraction of sp³-hybridized carbons (Fsp3) is 0.125. The van der Waals surface area contributed by atoms with Gasteiger partial charge in [-0.15, -0.1) is 10.2 Å². The molecule has 94 valence electrons. The molecule has 0 saturated carbocycles. The number of hydrogen-bond donors (Lipinski definition) is 1. The van der Waals surface area contributed by atoms with E-state index in [0.29, 0.717) is 0 Å². The molecule has 3 heteroatoms. The van der Waals surface area contributed by atoms with Crippen molar-refractivity contribution in [1.29, 1.82) is 0 Å². The maximum atomic E-state index is 4.31. The van der Waals surface area contributed by atoms with Crippen LogP contribution in [-0.2, 0) is 0 Å². The number of benzene rings is 2. The number of nitrogens with zero attached hydrogens (tertiary/aromatic N) is 2. The van der Waals surface area contributed by atoms with Gasteiger partial charge in [-0.3, -0.25) is 0 Å². The first kappa shape index (κ1) is 11.7. The van der Waals surface area contributed by atoms with Crippen molar-refractivity contribution >= 4 is 16.6 Å². The summed E-state index contributed by atoms with van der Waals surface area (Å²) in [5.74, 6) is 0.812. The SMILES string of the molecule is CCNc1ccc(-c2cccc3ccccc23)nn1. The third-order valence-electron chi connectivity index (χ3n) is 3.09. The second-order valence-electron chi connectivity index (χ2n) is 4.36. The van der Waals surface area contributed by atoms with Gasteiger partial charge in [0.1, 0.15) is 5.82 Å². The average molecular weight is 249 g/mol. The number of fused-ring (bicyclic) bond motifs is 1. The normalized spacial score (nSPS) is 10.6. The minimum atomic E-state index is 0.812. The van der Waals surface area contributed by atoms with Gasteiger partial charge < -0.3 is 5.32 Å². The fourth-order valence-electron chi connectivity index (χ4n) is 2.20. The Hall–Kier alpha value is -2.42. The summed E-state index contributed by atoms with van der Waals surface area (Å²) in [6.45, 7) is 2.89. The highest BCUT2D eigenvalue weighted by atomic mass is 15.2. The summed E-state index contributed by atoms with van der Waals surface area (Å²) in [5, 5.41) is 14.1. The number of nitrogens with one attached hydrogen (secondary N) is 1. The largest absolute Gasteiger partial charge is 0.369 e. The Morgan fingerprint density at radius 3 is 2.53 bits per heavy atom. The molecule has 0 radical (unpaired) electrons. The average Bonchev–Trinajstić information content (AvgIpc) is 2.48. The number of anilines is 1. The van der Waals surface area contributed by atoms with E-state index in [9.17, 15) is 0 Å². The molecular formula is C16H15N3. The van der Waals surface area contributed by atoms with Crippen LogP contribution in [-0.4, -0.2) is 16.7 Å². The van der Waals surface area contributed by atoms with E-state index in [-0.39, 0.29) is 0 Å². The van der Waals surface area contributed by atoms with Crippen molar-refractivity contribution in [1.82, 2.24) is 10.2 Å². The molecule has 1 heterocycles. The topological polar surface area (TPSA) is 37.8 Å². The van der Waals surface area contributed by atoms with Crippen LogP contribution in [0.1, 0.15) is 6.92 Å². The number of rotatable bonds is 3. The Morgan fingerprint density at radius 1 is 0.895 bits per heavy atom. The van der Waals surface area contributed by atoms with Gasteiger partial charge in [0.2, 0.25) is 0 Å². The van der Waals surface area contributed by atoms with E-state index < -0.39 is 0 Å². The molecule has 0 aliphatic rings. The molecule has 0 saturated heterocycles. The van der Waals surface area contributed by atoms with Crippen LogP contribution in [0.15, 0.2) is 54.6 Å². The molecule has 0 amide bonds. The standard InChI is InChI=1S/C16H15N3/c1-2-17-16-11-10-15(18-19-16)14-9-5-7-12-6-3-4-8-13(12)14/h3-11H,2H2,1H3,(H,17,19). The molecule has 3 nitrogen and oxygen atoms in total. The van der Waals surface area contributed by atoms with E-state index in [0.717, 1.165) is 23.6 Å². The molecule has 0 bridgehead atoms. The van der Waals surface area contributed by atoms with Crippen LogP contribution in [0.5, 0.6) is 0 Å². The predicted molar refractivity (Wildman–Crippen MR) is 79.1 cm³/mol. The second kappa shape index (κ2) is 5.06. The van der Waals surface area contributed by atoms with E-state index >= 15 is 0 Å². The summed E-state index contributed by atoms with van der Waals surface area (Å²) < 4.78 is 0. The molecule has 0 spiro atoms. The molecule has 0 aliphatic carbocycles. The molecule has 3 aromatic rings. The van der Waals surface area contributed by atoms with E-state index in [1.807, 2.05) is 31.2 Å². The van der Waals surface area contributed by atoms with Crippen molar-refractivity contribution < 1.29 is 0 Å². The number of hydrogen-bond acceptors (Lipinski definition) is 3. The van der Waals surface area contributed by atoms with Gasteiger partial charge in [-0.25, -0.2) is 0 Å². The minimum absolute atomic E-state index is 0.812. The summed E-state index contributed by atoms with van der Waals surface area (Å²) >= 11 is 0. The molecule has 3 rings (SSSR count). The van der Waals surface area contributed by atoms with Crippen LogP contribution < -0.4 is 5.32 Å². The highest BCUT2D eigenvalue weighted by molar-refractivity contribution is 5.95. The first-order valence-corrected chi connectivity index (χ1v) is 6.44. The Bertz CT molecular complexity index is 684. The van der Waals surface area contributed by atoms with E-state index in [1.54, 1.807) is 0 Å². The zero-order valence-corrected chi connectivity index (χ0v) is 10.8. The van der Waals surface area contributed by atoms with Crippen LogP contribution in [0.2, 0.25) is 0 Å². The molecule has 2 aromatic carbocycles. The summed E-state index contributed by atoms with van der Waals surface area (Å²) in [6.07, 6.45) is 0. The Kier molecular flexibility index (Phi) is 3.11. The van der Waals surface area contributed by atoms with E-state index in [2.05, 4.69) is 45.8 Å². The predicted octanol–water partition coefficient (Wildman–Crippen LogP) is 3.73. The summed E-state index contributed by atoms with van der Waals surface area (Å²) in [7, 11) is 0. The zero-order chi connectivity index (χ0) is 13.1. The van der Waals surface area contributed by atoms with Crippen LogP contribution >= 0.6 is 0 Å². The summed E-state index contributed by atoms with van der Waals surface area (Å²) in [6, 6.07) is 18.5. The lowest BCUT2D eigenvalue weighted by atomic mass is 10.0. The molecule has 0 atom stereocenters. The molecule has 1 N–H and O–H groups in total. The van der Waals surface area contributed by atoms with Crippen LogP contribution in [0.3, 0.4) is 0 Å². The monoisotopic (exact) mass is 249 g/mol. The zero-order valence-electron chi connectivity index (χ0n) is 10.8. The van der Waals surface area contributed by atoms with E-state index in [1.165, 1.54) is 10.8 Å². The van der Waals surface area contributed by atoms with Gasteiger partial charge in [-0.1, -0.05) is 42.5 Å². The van der Waals surface area contributed by atoms with Crippen molar-refractivity contribution in [3.63, 3.8) is 0 Å². The van der Waals surface area contributed by atoms with Gasteiger partial charge in [-0.2, -0.15) is 0 Å². The van der Waals surface area contributed by atoms with Gasteiger partial charge in [0, 0.05) is 12.1 Å². The molecule has 0 aliphatic heterocycles. The Balaban J connectivity index is 2.08. The smallest absolute Gasteiger partial charge is 0.148 e. The van der Waals surface area contributed by atoms with Crippen molar-refractivity contribution in [2.45, 2.75) is 6.92 Å². The van der Waals surface area contributed by atoms with Crippen LogP contribution in [0.4, 0.5) is 5.82 Å². The second-order valence-corrected chi connectivity index (χ2v) is 4.36. The summed E-state index contributed by atoms with van der Waals surface area (Å²) in [4.78, 5) is 0.